The molecule has 2 aliphatic heterocycles. The number of rotatable bonds is 4. The highest BCUT2D eigenvalue weighted by Crippen LogP contribution is 2.29. The molecule has 1 fully saturated rings. The topological polar surface area (TPSA) is 53.4 Å². The van der Waals surface area contributed by atoms with E-state index in [1.54, 1.807) is 13.1 Å². The Hall–Kier alpha value is -2.34. The summed E-state index contributed by atoms with van der Waals surface area (Å²) in [5, 5.41) is 7.11. The molecule has 1 saturated heterocycles. The van der Waals surface area contributed by atoms with Gasteiger partial charge in [-0.15, -0.1) is 0 Å². The molecule has 138 valence electrons. The van der Waals surface area contributed by atoms with Crippen LogP contribution in [0.1, 0.15) is 40.5 Å². The van der Waals surface area contributed by atoms with Crippen LogP contribution < -0.4 is 10.2 Å². The number of likely N-dealkylation sites (N-methyl/N-ethyl adjacent to an activating group) is 1. The highest BCUT2D eigenvalue weighted by Gasteiger charge is 2.23. The first-order valence-corrected chi connectivity index (χ1v) is 9.46. The van der Waals surface area contributed by atoms with Gasteiger partial charge in [0.15, 0.2) is 0 Å². The van der Waals surface area contributed by atoms with Crippen molar-refractivity contribution in [1.82, 2.24) is 20.0 Å². The molecule has 1 N–H and O–H groups in total. The average molecular weight is 353 g/mol. The molecule has 0 radical (unpaired) electrons. The number of hydrogen-bond acceptors (Lipinski definition) is 4. The van der Waals surface area contributed by atoms with Crippen LogP contribution in [0.4, 0.5) is 5.69 Å². The largest absolute Gasteiger partial charge is 0.374 e. The lowest BCUT2D eigenvalue weighted by atomic mass is 10.0. The van der Waals surface area contributed by atoms with Crippen LogP contribution in [0.15, 0.2) is 30.5 Å². The Labute approximate surface area is 154 Å². The predicted octanol–water partition coefficient (Wildman–Crippen LogP) is 2.07. The summed E-state index contributed by atoms with van der Waals surface area (Å²) < 4.78 is 1.97. The number of carbonyl (C=O) groups excluding carboxylic acids is 1. The Kier molecular flexibility index (Phi) is 4.68. The molecule has 1 aromatic carbocycles. The highest BCUT2D eigenvalue weighted by molar-refractivity contribution is 5.91. The summed E-state index contributed by atoms with van der Waals surface area (Å²) in [6.07, 6.45) is 5.36. The van der Waals surface area contributed by atoms with E-state index < -0.39 is 0 Å². The monoisotopic (exact) mass is 353 g/mol. The maximum absolute atomic E-state index is 11.7. The average Bonchev–Trinajstić information content (AvgIpc) is 3.29. The van der Waals surface area contributed by atoms with Crippen LogP contribution in [0.25, 0.3) is 0 Å². The van der Waals surface area contributed by atoms with E-state index in [2.05, 4.69) is 45.5 Å². The Morgan fingerprint density at radius 2 is 2.19 bits per heavy atom. The van der Waals surface area contributed by atoms with Crippen LogP contribution in [0.3, 0.4) is 0 Å². The molecule has 0 saturated carbocycles. The van der Waals surface area contributed by atoms with Gasteiger partial charge >= 0.3 is 0 Å². The summed E-state index contributed by atoms with van der Waals surface area (Å²) in [5.74, 6) is -0.125. The summed E-state index contributed by atoms with van der Waals surface area (Å²) in [6.45, 7) is 4.21. The molecule has 6 nitrogen and oxygen atoms in total. The van der Waals surface area contributed by atoms with Gasteiger partial charge in [-0.1, -0.05) is 12.1 Å². The van der Waals surface area contributed by atoms with Gasteiger partial charge in [-0.2, -0.15) is 5.10 Å². The zero-order chi connectivity index (χ0) is 18.1. The van der Waals surface area contributed by atoms with Crippen molar-refractivity contribution >= 4 is 11.6 Å². The standard InChI is InChI=1S/C20H27N5O/c1-21-20(26)18-8-11-25(22-18)17-4-3-9-24(14-17)13-15-5-6-19-16(12-15)7-10-23(19)2/h5-6,8,11-12,17H,3-4,7,9-10,13-14H2,1-2H3,(H,21,26). The summed E-state index contributed by atoms with van der Waals surface area (Å²) >= 11 is 0. The van der Waals surface area contributed by atoms with Crippen molar-refractivity contribution in [3.05, 3.63) is 47.3 Å². The lowest BCUT2D eigenvalue weighted by Crippen LogP contribution is -2.36. The summed E-state index contributed by atoms with van der Waals surface area (Å²) in [7, 11) is 3.80. The number of aromatic nitrogens is 2. The second kappa shape index (κ2) is 7.11. The number of nitrogens with zero attached hydrogens (tertiary/aromatic N) is 4. The summed E-state index contributed by atoms with van der Waals surface area (Å²) in [4.78, 5) is 16.6. The van der Waals surface area contributed by atoms with Crippen LogP contribution in [-0.2, 0) is 13.0 Å². The molecule has 3 heterocycles. The molecule has 2 aromatic rings. The number of likely N-dealkylation sites (tertiary alicyclic amines) is 1. The van der Waals surface area contributed by atoms with Crippen LogP contribution in [-0.4, -0.2) is 54.3 Å². The van der Waals surface area contributed by atoms with Gasteiger partial charge in [0.05, 0.1) is 6.04 Å². The van der Waals surface area contributed by atoms with Crippen LogP contribution in [0.5, 0.6) is 0 Å². The number of hydrogen-bond donors (Lipinski definition) is 1. The van der Waals surface area contributed by atoms with E-state index >= 15 is 0 Å². The van der Waals surface area contributed by atoms with Gasteiger partial charge in [-0.3, -0.25) is 14.4 Å². The lowest BCUT2D eigenvalue weighted by molar-refractivity contribution is 0.0955. The fourth-order valence-electron chi connectivity index (χ4n) is 4.16. The number of fused-ring (bicyclic) bond motifs is 1. The van der Waals surface area contributed by atoms with Crippen LogP contribution in [0, 0.1) is 0 Å². The molecule has 1 amide bonds. The fourth-order valence-corrected chi connectivity index (χ4v) is 4.16. The number of amides is 1. The first-order chi connectivity index (χ1) is 12.6. The van der Waals surface area contributed by atoms with Crippen molar-refractivity contribution < 1.29 is 4.79 Å². The predicted molar refractivity (Wildman–Crippen MR) is 103 cm³/mol. The lowest BCUT2D eigenvalue weighted by Gasteiger charge is -2.33. The van der Waals surface area contributed by atoms with Crippen molar-refractivity contribution in [2.75, 3.05) is 38.6 Å². The fraction of sp³-hybridized carbons (Fsp3) is 0.500. The van der Waals surface area contributed by atoms with E-state index in [1.807, 2.05) is 10.9 Å². The van der Waals surface area contributed by atoms with Crippen LogP contribution >= 0.6 is 0 Å². The van der Waals surface area contributed by atoms with Gasteiger partial charge < -0.3 is 10.2 Å². The summed E-state index contributed by atoms with van der Waals surface area (Å²) in [6, 6.07) is 9.04. The van der Waals surface area contributed by atoms with E-state index in [1.165, 1.54) is 16.8 Å². The quantitative estimate of drug-likeness (QED) is 0.914. The third-order valence-electron chi connectivity index (χ3n) is 5.60. The molecule has 0 aliphatic carbocycles. The number of piperidine rings is 1. The zero-order valence-electron chi connectivity index (χ0n) is 15.6. The maximum atomic E-state index is 11.7. The SMILES string of the molecule is CNC(=O)c1ccn(C2CCCN(Cc3ccc4c(c3)CCN4C)C2)n1. The second-order valence-corrected chi connectivity index (χ2v) is 7.43. The van der Waals surface area contributed by atoms with E-state index in [0.717, 1.165) is 45.4 Å². The normalized spacial score (nSPS) is 20.2. The Morgan fingerprint density at radius 3 is 3.04 bits per heavy atom. The maximum Gasteiger partial charge on any atom is 0.271 e. The molecule has 0 bridgehead atoms. The minimum absolute atomic E-state index is 0.125. The first-order valence-electron chi connectivity index (χ1n) is 9.46. The smallest absolute Gasteiger partial charge is 0.271 e. The second-order valence-electron chi connectivity index (χ2n) is 7.43. The molecule has 6 heteroatoms. The van der Waals surface area contributed by atoms with Gasteiger partial charge in [0.1, 0.15) is 5.69 Å². The minimum atomic E-state index is -0.125. The molecule has 4 rings (SSSR count). The number of anilines is 1. The van der Waals surface area contributed by atoms with Gasteiger partial charge in [-0.05, 0) is 49.1 Å². The third kappa shape index (κ3) is 3.33. The molecular formula is C20H27N5O. The van der Waals surface area contributed by atoms with Crippen molar-refractivity contribution in [1.29, 1.82) is 0 Å². The molecule has 26 heavy (non-hydrogen) atoms. The third-order valence-corrected chi connectivity index (χ3v) is 5.60. The molecule has 1 atom stereocenters. The van der Waals surface area contributed by atoms with Gasteiger partial charge in [0.25, 0.3) is 5.91 Å². The van der Waals surface area contributed by atoms with Crippen LogP contribution in [0.2, 0.25) is 0 Å². The first kappa shape index (κ1) is 17.1. The summed E-state index contributed by atoms with van der Waals surface area (Å²) in [5.41, 5.74) is 4.74. The van der Waals surface area contributed by atoms with E-state index in [0.29, 0.717) is 11.7 Å². The molecule has 1 unspecified atom stereocenters. The number of nitrogens with one attached hydrogen (secondary N) is 1. The van der Waals surface area contributed by atoms with Crippen molar-refractivity contribution in [3.8, 4) is 0 Å². The zero-order valence-corrected chi connectivity index (χ0v) is 15.6. The van der Waals surface area contributed by atoms with E-state index in [4.69, 9.17) is 0 Å². The van der Waals surface area contributed by atoms with Gasteiger partial charge in [0, 0.05) is 45.6 Å². The number of carbonyl (C=O) groups is 1. The van der Waals surface area contributed by atoms with E-state index in [9.17, 15) is 4.79 Å². The molecule has 2 aliphatic rings. The van der Waals surface area contributed by atoms with E-state index in [-0.39, 0.29) is 5.91 Å². The van der Waals surface area contributed by atoms with Crippen molar-refractivity contribution in [2.24, 2.45) is 0 Å². The minimum Gasteiger partial charge on any atom is -0.374 e. The number of benzene rings is 1. The Bertz CT molecular complexity index is 799. The highest BCUT2D eigenvalue weighted by atomic mass is 16.1. The van der Waals surface area contributed by atoms with Gasteiger partial charge in [-0.25, -0.2) is 0 Å². The Balaban J connectivity index is 1.42. The van der Waals surface area contributed by atoms with Crippen molar-refractivity contribution in [3.63, 3.8) is 0 Å². The molecule has 1 aromatic heterocycles. The van der Waals surface area contributed by atoms with Gasteiger partial charge in [0.2, 0.25) is 0 Å². The molecule has 0 spiro atoms. The van der Waals surface area contributed by atoms with Crippen molar-refractivity contribution in [2.45, 2.75) is 31.8 Å². The molecular weight excluding hydrogens is 326 g/mol. The Morgan fingerprint density at radius 1 is 1.31 bits per heavy atom.